The van der Waals surface area contributed by atoms with E-state index in [1.165, 1.54) is 19.3 Å². The summed E-state index contributed by atoms with van der Waals surface area (Å²) in [6.07, 6.45) is 3.81. The van der Waals surface area contributed by atoms with Gasteiger partial charge < -0.3 is 10.5 Å². The molecule has 2 N–H and O–H groups in total. The van der Waals surface area contributed by atoms with E-state index in [0.29, 0.717) is 6.42 Å². The molecule has 0 aliphatic rings. The summed E-state index contributed by atoms with van der Waals surface area (Å²) in [6, 6.07) is -2.14. The Kier molecular flexibility index (Phi) is 10.5. The number of esters is 1. The van der Waals surface area contributed by atoms with Gasteiger partial charge in [0, 0.05) is 0 Å². The Morgan fingerprint density at radius 3 is 1.95 bits per heavy atom. The van der Waals surface area contributed by atoms with Crippen LogP contribution in [-0.4, -0.2) is 25.3 Å². The molecular weight excluding hydrogens is 283 g/mol. The van der Waals surface area contributed by atoms with E-state index in [2.05, 4.69) is 11.7 Å². The summed E-state index contributed by atoms with van der Waals surface area (Å²) in [4.78, 5) is 11.4. The van der Waals surface area contributed by atoms with E-state index >= 15 is 0 Å². The fourth-order valence-corrected chi connectivity index (χ4v) is 2.32. The number of halogens is 3. The van der Waals surface area contributed by atoms with Crippen LogP contribution >= 0.6 is 0 Å². The van der Waals surface area contributed by atoms with Crippen molar-refractivity contribution in [3.63, 3.8) is 0 Å². The van der Waals surface area contributed by atoms with Crippen LogP contribution in [0.1, 0.15) is 64.7 Å². The summed E-state index contributed by atoms with van der Waals surface area (Å²) in [5.74, 6) is -2.17. The van der Waals surface area contributed by atoms with Gasteiger partial charge in [-0.05, 0) is 6.42 Å². The minimum Gasteiger partial charge on any atom is -0.469 e. The van der Waals surface area contributed by atoms with E-state index in [4.69, 9.17) is 5.73 Å². The van der Waals surface area contributed by atoms with Crippen molar-refractivity contribution in [2.75, 3.05) is 7.11 Å². The van der Waals surface area contributed by atoms with Crippen molar-refractivity contribution in [3.05, 3.63) is 0 Å². The molecule has 0 aliphatic heterocycles. The first-order valence-corrected chi connectivity index (χ1v) is 7.74. The maximum atomic E-state index is 12.6. The van der Waals surface area contributed by atoms with Crippen LogP contribution in [0.25, 0.3) is 0 Å². The third kappa shape index (κ3) is 8.96. The van der Waals surface area contributed by atoms with Gasteiger partial charge in [0.15, 0.2) is 0 Å². The molecule has 0 heterocycles. The van der Waals surface area contributed by atoms with E-state index < -0.39 is 24.1 Å². The highest BCUT2D eigenvalue weighted by Crippen LogP contribution is 2.28. The topological polar surface area (TPSA) is 52.3 Å². The lowest BCUT2D eigenvalue weighted by atomic mass is 9.93. The average molecular weight is 311 g/mol. The van der Waals surface area contributed by atoms with Gasteiger partial charge in [-0.25, -0.2) is 0 Å². The molecule has 3 nitrogen and oxygen atoms in total. The molecule has 0 amide bonds. The van der Waals surface area contributed by atoms with Gasteiger partial charge in [-0.1, -0.05) is 58.3 Å². The van der Waals surface area contributed by atoms with Crippen molar-refractivity contribution >= 4 is 5.97 Å². The molecule has 0 radical (unpaired) electrons. The molecule has 126 valence electrons. The molecule has 0 aromatic heterocycles. The van der Waals surface area contributed by atoms with Crippen LogP contribution in [-0.2, 0) is 9.53 Å². The molecule has 0 rings (SSSR count). The Hall–Kier alpha value is -0.780. The smallest absolute Gasteiger partial charge is 0.404 e. The Labute approximate surface area is 125 Å². The molecule has 0 aromatic rings. The largest absolute Gasteiger partial charge is 0.469 e. The van der Waals surface area contributed by atoms with Gasteiger partial charge in [0.1, 0.15) is 6.04 Å². The first-order valence-electron chi connectivity index (χ1n) is 7.74. The van der Waals surface area contributed by atoms with Crippen molar-refractivity contribution < 1.29 is 22.7 Å². The Morgan fingerprint density at radius 1 is 1.05 bits per heavy atom. The average Bonchev–Trinajstić information content (AvgIpc) is 2.43. The molecular formula is C15H28F3NO2. The van der Waals surface area contributed by atoms with Crippen LogP contribution in [0.15, 0.2) is 0 Å². The number of ether oxygens (including phenoxy) is 1. The van der Waals surface area contributed by atoms with Crippen LogP contribution < -0.4 is 5.73 Å². The van der Waals surface area contributed by atoms with Crippen LogP contribution in [0.5, 0.6) is 0 Å². The van der Waals surface area contributed by atoms with E-state index in [0.717, 1.165) is 32.8 Å². The van der Waals surface area contributed by atoms with Crippen LogP contribution in [0, 0.1) is 5.92 Å². The van der Waals surface area contributed by atoms with Gasteiger partial charge in [0.2, 0.25) is 0 Å². The number of alkyl halides is 3. The van der Waals surface area contributed by atoms with E-state index in [9.17, 15) is 18.0 Å². The molecule has 2 atom stereocenters. The summed E-state index contributed by atoms with van der Waals surface area (Å²) in [6.45, 7) is 2.15. The number of rotatable bonds is 11. The Balaban J connectivity index is 4.01. The molecule has 0 bridgehead atoms. The number of carbonyl (C=O) groups excluding carboxylic acids is 1. The maximum Gasteiger partial charge on any atom is 0.404 e. The van der Waals surface area contributed by atoms with Crippen LogP contribution in [0.2, 0.25) is 0 Å². The fourth-order valence-electron chi connectivity index (χ4n) is 2.32. The van der Waals surface area contributed by atoms with E-state index in [1.807, 2.05) is 0 Å². The zero-order chi connectivity index (χ0) is 16.3. The lowest BCUT2D eigenvalue weighted by Crippen LogP contribution is -2.47. The number of nitrogens with two attached hydrogens (primary N) is 1. The van der Waals surface area contributed by atoms with Gasteiger partial charge in [-0.15, -0.1) is 0 Å². The van der Waals surface area contributed by atoms with Crippen molar-refractivity contribution in [1.82, 2.24) is 0 Å². The molecule has 0 saturated heterocycles. The van der Waals surface area contributed by atoms with Crippen LogP contribution in [0.4, 0.5) is 13.2 Å². The third-order valence-electron chi connectivity index (χ3n) is 3.68. The summed E-state index contributed by atoms with van der Waals surface area (Å²) < 4.78 is 42.3. The summed E-state index contributed by atoms with van der Waals surface area (Å²) in [5.41, 5.74) is 5.14. The van der Waals surface area contributed by atoms with Gasteiger partial charge in [0.25, 0.3) is 0 Å². The molecule has 0 saturated carbocycles. The second kappa shape index (κ2) is 10.9. The second-order valence-corrected chi connectivity index (χ2v) is 5.46. The standard InChI is InChI=1S/C15H28F3NO2/c1-3-4-5-6-7-8-9-10-11-12(14(20)21-2)13(19)15(16,17)18/h12-13H,3-11,19H2,1-2H3/t12-,13-/m1/s1. The van der Waals surface area contributed by atoms with Gasteiger partial charge in [-0.2, -0.15) is 13.2 Å². The molecule has 0 fully saturated rings. The highest BCUT2D eigenvalue weighted by Gasteiger charge is 2.45. The van der Waals surface area contributed by atoms with Gasteiger partial charge in [0.05, 0.1) is 13.0 Å². The predicted octanol–water partition coefficient (Wildman–Crippen LogP) is 4.20. The zero-order valence-electron chi connectivity index (χ0n) is 13.0. The molecule has 0 aromatic carbocycles. The highest BCUT2D eigenvalue weighted by molar-refractivity contribution is 5.73. The predicted molar refractivity (Wildman–Crippen MR) is 76.8 cm³/mol. The van der Waals surface area contributed by atoms with E-state index in [1.54, 1.807) is 0 Å². The number of carbonyl (C=O) groups is 1. The molecule has 0 aliphatic carbocycles. The second-order valence-electron chi connectivity index (χ2n) is 5.46. The Morgan fingerprint density at radius 2 is 1.52 bits per heavy atom. The zero-order valence-corrected chi connectivity index (χ0v) is 13.0. The van der Waals surface area contributed by atoms with Crippen LogP contribution in [0.3, 0.4) is 0 Å². The number of hydrogen-bond donors (Lipinski definition) is 1. The first kappa shape index (κ1) is 20.2. The Bertz CT molecular complexity index is 283. The van der Waals surface area contributed by atoms with Crippen molar-refractivity contribution in [2.45, 2.75) is 76.9 Å². The van der Waals surface area contributed by atoms with Gasteiger partial charge >= 0.3 is 12.1 Å². The van der Waals surface area contributed by atoms with E-state index in [-0.39, 0.29) is 6.42 Å². The molecule has 21 heavy (non-hydrogen) atoms. The molecule has 0 unspecified atom stereocenters. The summed E-state index contributed by atoms with van der Waals surface area (Å²) >= 11 is 0. The lowest BCUT2D eigenvalue weighted by Gasteiger charge is -2.23. The normalized spacial score (nSPS) is 14.8. The molecule has 0 spiro atoms. The van der Waals surface area contributed by atoms with Crippen molar-refractivity contribution in [1.29, 1.82) is 0 Å². The summed E-state index contributed by atoms with van der Waals surface area (Å²) in [7, 11) is 1.09. The van der Waals surface area contributed by atoms with Crippen molar-refractivity contribution in [3.8, 4) is 0 Å². The first-order chi connectivity index (χ1) is 9.84. The maximum absolute atomic E-state index is 12.6. The SMILES string of the molecule is CCCCCCCCCC[C@@H](C(=O)OC)[C@@H](N)C(F)(F)F. The van der Waals surface area contributed by atoms with Crippen molar-refractivity contribution in [2.24, 2.45) is 11.7 Å². The lowest BCUT2D eigenvalue weighted by molar-refractivity contribution is -0.175. The van der Waals surface area contributed by atoms with Gasteiger partial charge in [-0.3, -0.25) is 4.79 Å². The quantitative estimate of drug-likeness (QED) is 0.459. The third-order valence-corrected chi connectivity index (χ3v) is 3.68. The summed E-state index contributed by atoms with van der Waals surface area (Å²) in [5, 5.41) is 0. The minimum atomic E-state index is -4.57. The fraction of sp³-hybridized carbons (Fsp3) is 0.933. The number of unbranched alkanes of at least 4 members (excludes halogenated alkanes) is 7. The number of methoxy groups -OCH3 is 1. The monoisotopic (exact) mass is 311 g/mol. The minimum absolute atomic E-state index is 0.127. The number of hydrogen-bond acceptors (Lipinski definition) is 3. The highest BCUT2D eigenvalue weighted by atomic mass is 19.4. The molecule has 6 heteroatoms.